The molecule has 3 aromatic rings. The van der Waals surface area contributed by atoms with Gasteiger partial charge in [-0.3, -0.25) is 4.99 Å². The Balaban J connectivity index is 1.59. The van der Waals surface area contributed by atoms with Gasteiger partial charge in [-0.15, -0.1) is 0 Å². The van der Waals surface area contributed by atoms with Crippen molar-refractivity contribution < 1.29 is 21.9 Å². The van der Waals surface area contributed by atoms with Crippen LogP contribution < -0.4 is 15.8 Å². The van der Waals surface area contributed by atoms with Crippen LogP contribution in [0.4, 0.5) is 20.3 Å². The van der Waals surface area contributed by atoms with Crippen LogP contribution in [0.5, 0.6) is 5.88 Å². The molecule has 0 amide bonds. The molecule has 4 heterocycles. The number of nitrogens with two attached hydrogens (primary N) is 1. The number of anilines is 2. The van der Waals surface area contributed by atoms with E-state index >= 15 is 4.39 Å². The summed E-state index contributed by atoms with van der Waals surface area (Å²) in [7, 11) is -2.54. The van der Waals surface area contributed by atoms with Crippen molar-refractivity contribution in [3.05, 3.63) is 48.0 Å². The van der Waals surface area contributed by atoms with Gasteiger partial charge in [0.1, 0.15) is 29.4 Å². The van der Waals surface area contributed by atoms with Crippen LogP contribution >= 0.6 is 0 Å². The summed E-state index contributed by atoms with van der Waals surface area (Å²) in [6, 6.07) is 5.85. The van der Waals surface area contributed by atoms with Gasteiger partial charge in [0, 0.05) is 17.4 Å². The van der Waals surface area contributed by atoms with Crippen LogP contribution in [0.1, 0.15) is 25.3 Å². The Labute approximate surface area is 194 Å². The minimum atomic E-state index is -4.03. The Kier molecular flexibility index (Phi) is 4.97. The minimum Gasteiger partial charge on any atom is -0.480 e. The molecule has 1 saturated heterocycles. The normalized spacial score (nSPS) is 27.4. The van der Waals surface area contributed by atoms with Crippen molar-refractivity contribution in [3.63, 3.8) is 0 Å². The van der Waals surface area contributed by atoms with Crippen LogP contribution in [0.15, 0.2) is 41.7 Å². The number of hydrogen-bond acceptors (Lipinski definition) is 9. The van der Waals surface area contributed by atoms with E-state index in [2.05, 4.69) is 25.3 Å². The summed E-state index contributed by atoms with van der Waals surface area (Å²) in [5.41, 5.74) is 5.96. The number of rotatable bonds is 5. The van der Waals surface area contributed by atoms with Crippen molar-refractivity contribution in [1.82, 2.24) is 15.0 Å². The third kappa shape index (κ3) is 2.97. The van der Waals surface area contributed by atoms with E-state index in [1.54, 1.807) is 6.07 Å². The zero-order valence-electron chi connectivity index (χ0n) is 18.4. The van der Waals surface area contributed by atoms with Crippen molar-refractivity contribution in [3.8, 4) is 5.88 Å². The van der Waals surface area contributed by atoms with Gasteiger partial charge in [-0.05, 0) is 44.0 Å². The highest BCUT2D eigenvalue weighted by Gasteiger charge is 2.65. The van der Waals surface area contributed by atoms with Crippen LogP contribution in [0.25, 0.3) is 11.0 Å². The number of hydrogen-bond donors (Lipinski definition) is 2. The van der Waals surface area contributed by atoms with Crippen LogP contribution in [0.3, 0.4) is 0 Å². The molecule has 0 aliphatic carbocycles. The molecule has 178 valence electrons. The lowest BCUT2D eigenvalue weighted by molar-refractivity contribution is 0.397. The van der Waals surface area contributed by atoms with Crippen molar-refractivity contribution >= 4 is 38.2 Å². The van der Waals surface area contributed by atoms with E-state index in [9.17, 15) is 12.8 Å². The van der Waals surface area contributed by atoms with Crippen LogP contribution in [-0.4, -0.2) is 53.0 Å². The molecule has 0 unspecified atom stereocenters. The third-order valence-corrected chi connectivity index (χ3v) is 9.87. The smallest absolute Gasteiger partial charge is 0.232 e. The quantitative estimate of drug-likeness (QED) is 0.560. The maximum absolute atomic E-state index is 15.1. The summed E-state index contributed by atoms with van der Waals surface area (Å²) in [5, 5.41) is 2.00. The number of amidine groups is 1. The van der Waals surface area contributed by atoms with Crippen molar-refractivity contribution in [2.45, 2.75) is 35.3 Å². The molecular weight excluding hydrogens is 466 g/mol. The summed E-state index contributed by atoms with van der Waals surface area (Å²) in [4.78, 5) is 17.3. The summed E-state index contributed by atoms with van der Waals surface area (Å²) in [6.45, 7) is 0.367. The molecule has 2 aromatic heterocycles. The Morgan fingerprint density at radius 3 is 2.82 bits per heavy atom. The van der Waals surface area contributed by atoms with E-state index in [4.69, 9.17) is 10.5 Å². The highest BCUT2D eigenvalue weighted by Crippen LogP contribution is 2.52. The van der Waals surface area contributed by atoms with E-state index in [1.807, 2.05) is 0 Å². The zero-order valence-corrected chi connectivity index (χ0v) is 19.2. The van der Waals surface area contributed by atoms with Gasteiger partial charge in [-0.25, -0.2) is 32.2 Å². The Hall–Kier alpha value is -3.41. The number of aromatic nitrogens is 3. The van der Waals surface area contributed by atoms with Gasteiger partial charge >= 0.3 is 0 Å². The predicted molar refractivity (Wildman–Crippen MR) is 123 cm³/mol. The second-order valence-electron chi connectivity index (χ2n) is 8.60. The second kappa shape index (κ2) is 7.55. The lowest BCUT2D eigenvalue weighted by atomic mass is 9.86. The molecule has 0 radical (unpaired) electrons. The van der Waals surface area contributed by atoms with Gasteiger partial charge in [0.2, 0.25) is 5.88 Å². The molecule has 3 N–H and O–H groups in total. The van der Waals surface area contributed by atoms with E-state index in [-0.39, 0.29) is 24.2 Å². The molecule has 34 heavy (non-hydrogen) atoms. The molecule has 9 nitrogen and oxygen atoms in total. The monoisotopic (exact) mass is 488 g/mol. The number of fused-ring (bicyclic) bond motifs is 3. The average molecular weight is 489 g/mol. The van der Waals surface area contributed by atoms with E-state index in [0.717, 1.165) is 0 Å². The fourth-order valence-electron chi connectivity index (χ4n) is 4.91. The molecule has 5 rings (SSSR count). The van der Waals surface area contributed by atoms with Crippen LogP contribution in [0, 0.1) is 5.82 Å². The number of ether oxygens (including phenoxy) is 1. The summed E-state index contributed by atoms with van der Waals surface area (Å²) in [5.74, 6) is -0.248. The van der Waals surface area contributed by atoms with E-state index < -0.39 is 37.9 Å². The summed E-state index contributed by atoms with van der Waals surface area (Å²) < 4.78 is 58.7. The SMILES string of the molecule is COc1cnc2c(Nc3ccc(F)c([C@@]4(C)N=C(N)[C@]5(CF)CC[C@@H]4S5(=O)=O)c3)nccc2n1. The van der Waals surface area contributed by atoms with E-state index in [0.29, 0.717) is 28.4 Å². The number of aliphatic imine (C=N–C) groups is 1. The number of sulfone groups is 1. The molecule has 3 atom stereocenters. The van der Waals surface area contributed by atoms with Gasteiger partial charge in [-0.1, -0.05) is 0 Å². The highest BCUT2D eigenvalue weighted by atomic mass is 32.2. The lowest BCUT2D eigenvalue weighted by Crippen LogP contribution is -2.58. The first kappa shape index (κ1) is 22.4. The molecule has 12 heteroatoms. The Bertz CT molecular complexity index is 1450. The van der Waals surface area contributed by atoms with E-state index in [1.165, 1.54) is 44.6 Å². The molecule has 0 saturated carbocycles. The highest BCUT2D eigenvalue weighted by molar-refractivity contribution is 7.94. The van der Waals surface area contributed by atoms with Crippen molar-refractivity contribution in [1.29, 1.82) is 0 Å². The number of alkyl halides is 1. The minimum absolute atomic E-state index is 0.0169. The van der Waals surface area contributed by atoms with Crippen molar-refractivity contribution in [2.24, 2.45) is 10.7 Å². The fourth-order valence-corrected chi connectivity index (χ4v) is 7.55. The fraction of sp³-hybridized carbons (Fsp3) is 0.364. The predicted octanol–water partition coefficient (Wildman–Crippen LogP) is 2.79. The summed E-state index contributed by atoms with van der Waals surface area (Å²) >= 11 is 0. The molecule has 2 bridgehead atoms. The first-order valence-corrected chi connectivity index (χ1v) is 12.1. The lowest BCUT2D eigenvalue weighted by Gasteiger charge is -2.39. The van der Waals surface area contributed by atoms with Crippen LogP contribution in [-0.2, 0) is 15.4 Å². The topological polar surface area (TPSA) is 132 Å². The van der Waals surface area contributed by atoms with Gasteiger partial charge in [0.05, 0.1) is 24.1 Å². The first-order chi connectivity index (χ1) is 16.2. The first-order valence-electron chi connectivity index (χ1n) is 10.5. The molecule has 2 aliphatic heterocycles. The molecule has 1 fully saturated rings. The number of nitrogens with one attached hydrogen (secondary N) is 1. The number of pyridine rings is 1. The molecule has 0 spiro atoms. The molecular formula is C22H22F2N6O3S. The van der Waals surface area contributed by atoms with Gasteiger partial charge in [0.25, 0.3) is 0 Å². The standard InChI is InChI=1S/C22H22F2N6O3S/c1-21(16-5-7-22(11-23,20(25)30-21)34(16,31)32)13-9-12(3-4-14(13)24)28-19-18-15(6-8-26-19)29-17(33-2)10-27-18/h3-4,6,8-10,16H,5,7,11H2,1-2H3,(H2,25,30)(H,26,28)/t16-,21+,22+/m0/s1. The maximum Gasteiger partial charge on any atom is 0.232 e. The number of benzene rings is 1. The van der Waals surface area contributed by atoms with Gasteiger partial charge < -0.3 is 15.8 Å². The maximum atomic E-state index is 15.1. The van der Waals surface area contributed by atoms with Gasteiger partial charge in [-0.2, -0.15) is 0 Å². The molecule has 2 aliphatic rings. The zero-order chi connectivity index (χ0) is 24.3. The second-order valence-corrected chi connectivity index (χ2v) is 11.0. The van der Waals surface area contributed by atoms with Crippen LogP contribution in [0.2, 0.25) is 0 Å². The molecule has 1 aromatic carbocycles. The average Bonchev–Trinajstić information content (AvgIpc) is 3.03. The largest absolute Gasteiger partial charge is 0.480 e. The van der Waals surface area contributed by atoms with Crippen molar-refractivity contribution in [2.75, 3.05) is 19.1 Å². The van der Waals surface area contributed by atoms with Gasteiger partial charge in [0.15, 0.2) is 20.4 Å². The number of halogens is 2. The third-order valence-electron chi connectivity index (χ3n) is 6.81. The Morgan fingerprint density at radius 1 is 1.29 bits per heavy atom. The number of methoxy groups -OCH3 is 1. The Morgan fingerprint density at radius 2 is 2.09 bits per heavy atom. The summed E-state index contributed by atoms with van der Waals surface area (Å²) in [6.07, 6.45) is 3.14. The number of nitrogens with zero attached hydrogens (tertiary/aromatic N) is 4.